The Morgan fingerprint density at radius 2 is 1.77 bits per heavy atom. The fraction of sp³-hybridized carbons (Fsp3) is 0.667. The second-order valence-corrected chi connectivity index (χ2v) is 15.3. The molecule has 0 radical (unpaired) electrons. The molecule has 0 unspecified atom stereocenters. The van der Waals surface area contributed by atoms with Crippen molar-refractivity contribution in [1.29, 1.82) is 0 Å². The van der Waals surface area contributed by atoms with Crippen LogP contribution in [0.2, 0.25) is 16.6 Å². The first-order valence-electron chi connectivity index (χ1n) is 11.4. The molecule has 30 heavy (non-hydrogen) atoms. The maximum Gasteiger partial charge on any atom is 0.319 e. The number of likely N-dealkylation sites (N-methyl/N-ethyl adjacent to an activating group) is 1. The van der Waals surface area contributed by atoms with Crippen LogP contribution in [0.15, 0.2) is 12.3 Å². The Morgan fingerprint density at radius 3 is 2.33 bits per heavy atom. The molecule has 3 rings (SSSR count). The zero-order chi connectivity index (χ0) is 22.1. The van der Waals surface area contributed by atoms with E-state index in [2.05, 4.69) is 76.0 Å². The third kappa shape index (κ3) is 4.28. The molecule has 0 saturated carbocycles. The fourth-order valence-corrected chi connectivity index (χ4v) is 10.4. The van der Waals surface area contributed by atoms with Gasteiger partial charge < -0.3 is 14.2 Å². The quantitative estimate of drug-likeness (QED) is 0.481. The number of fused-ring (bicyclic) bond motifs is 1. The van der Waals surface area contributed by atoms with E-state index in [1.54, 1.807) is 0 Å². The standard InChI is InChI=1S/C24H38N4OSi/c1-17(2)30(18(3)4,19(5)6)15-12-22-21-11-14-28(8)23(21)26-24(25-22)29-16-20-10-9-13-27(20)7/h11,14,17-20H,9-10,13,16H2,1-8H3/t20-/m1/s1. The summed E-state index contributed by atoms with van der Waals surface area (Å²) in [7, 11) is 2.34. The van der Waals surface area contributed by atoms with Crippen LogP contribution < -0.4 is 4.74 Å². The van der Waals surface area contributed by atoms with Crippen LogP contribution in [0.5, 0.6) is 6.01 Å². The van der Waals surface area contributed by atoms with Crippen molar-refractivity contribution < 1.29 is 4.74 Å². The molecule has 0 spiro atoms. The molecule has 1 saturated heterocycles. The number of aromatic nitrogens is 3. The summed E-state index contributed by atoms with van der Waals surface area (Å²) in [5.41, 5.74) is 7.26. The molecule has 1 aliphatic heterocycles. The van der Waals surface area contributed by atoms with E-state index in [0.717, 1.165) is 23.3 Å². The van der Waals surface area contributed by atoms with Gasteiger partial charge in [-0.2, -0.15) is 9.97 Å². The average molecular weight is 427 g/mol. The minimum atomic E-state index is -1.83. The summed E-state index contributed by atoms with van der Waals surface area (Å²) in [6, 6.07) is 2.95. The van der Waals surface area contributed by atoms with Crippen molar-refractivity contribution in [2.45, 2.75) is 77.0 Å². The van der Waals surface area contributed by atoms with Crippen molar-refractivity contribution >= 4 is 19.1 Å². The molecule has 0 amide bonds. The van der Waals surface area contributed by atoms with Crippen molar-refractivity contribution in [3.05, 3.63) is 18.0 Å². The van der Waals surface area contributed by atoms with Gasteiger partial charge in [0.25, 0.3) is 0 Å². The van der Waals surface area contributed by atoms with Crippen LogP contribution in [0.1, 0.15) is 60.1 Å². The third-order valence-electron chi connectivity index (χ3n) is 7.04. The number of aryl methyl sites for hydroxylation is 1. The molecule has 0 bridgehead atoms. The van der Waals surface area contributed by atoms with E-state index < -0.39 is 8.07 Å². The van der Waals surface area contributed by atoms with Crippen LogP contribution in [0, 0.1) is 11.5 Å². The highest BCUT2D eigenvalue weighted by molar-refractivity contribution is 6.90. The molecule has 164 valence electrons. The van der Waals surface area contributed by atoms with Gasteiger partial charge in [-0.1, -0.05) is 47.5 Å². The first-order valence-corrected chi connectivity index (χ1v) is 13.6. The summed E-state index contributed by atoms with van der Waals surface area (Å²) < 4.78 is 8.10. The Bertz CT molecular complexity index is 916. The topological polar surface area (TPSA) is 43.2 Å². The van der Waals surface area contributed by atoms with Crippen molar-refractivity contribution in [2.24, 2.45) is 7.05 Å². The van der Waals surface area contributed by atoms with E-state index in [1.807, 2.05) is 17.8 Å². The Balaban J connectivity index is 2.00. The molecule has 0 aliphatic carbocycles. The van der Waals surface area contributed by atoms with Crippen molar-refractivity contribution in [2.75, 3.05) is 20.2 Å². The number of hydrogen-bond acceptors (Lipinski definition) is 4. The molecule has 2 aromatic rings. The lowest BCUT2D eigenvalue weighted by Crippen LogP contribution is -2.43. The van der Waals surface area contributed by atoms with Crippen molar-refractivity contribution in [3.63, 3.8) is 0 Å². The number of ether oxygens (including phenoxy) is 1. The summed E-state index contributed by atoms with van der Waals surface area (Å²) in [5, 5.41) is 1.01. The molecule has 5 nitrogen and oxygen atoms in total. The van der Waals surface area contributed by atoms with Crippen LogP contribution in [-0.2, 0) is 7.05 Å². The first kappa shape index (κ1) is 22.8. The summed E-state index contributed by atoms with van der Waals surface area (Å²) in [4.78, 5) is 11.8. The van der Waals surface area contributed by atoms with Gasteiger partial charge in [-0.05, 0) is 49.1 Å². The second-order valence-electron chi connectivity index (χ2n) is 9.75. The van der Waals surface area contributed by atoms with E-state index in [-0.39, 0.29) is 0 Å². The van der Waals surface area contributed by atoms with Gasteiger partial charge in [0.2, 0.25) is 0 Å². The molecule has 1 fully saturated rings. The van der Waals surface area contributed by atoms with E-state index >= 15 is 0 Å². The lowest BCUT2D eigenvalue weighted by molar-refractivity contribution is 0.188. The van der Waals surface area contributed by atoms with Crippen molar-refractivity contribution in [3.8, 4) is 17.5 Å². The van der Waals surface area contributed by atoms with Gasteiger partial charge in [-0.25, -0.2) is 0 Å². The van der Waals surface area contributed by atoms with Gasteiger partial charge >= 0.3 is 6.01 Å². The van der Waals surface area contributed by atoms with Gasteiger partial charge in [-0.3, -0.25) is 0 Å². The Labute approximate surface area is 183 Å². The largest absolute Gasteiger partial charge is 0.462 e. The molecule has 1 aliphatic rings. The second kappa shape index (κ2) is 9.11. The Morgan fingerprint density at radius 1 is 1.10 bits per heavy atom. The monoisotopic (exact) mass is 426 g/mol. The van der Waals surface area contributed by atoms with Crippen LogP contribution in [0.3, 0.4) is 0 Å². The molecule has 0 aromatic carbocycles. The third-order valence-corrected chi connectivity index (χ3v) is 13.3. The van der Waals surface area contributed by atoms with Gasteiger partial charge in [0.15, 0.2) is 0 Å². The molecule has 3 heterocycles. The SMILES string of the molecule is CC(C)[Si](C#Cc1nc(OC[C@H]2CCCN2C)nc2c1ccn2C)(C(C)C)C(C)C. The minimum absolute atomic E-state index is 0.440. The Kier molecular flexibility index (Phi) is 6.94. The lowest BCUT2D eigenvalue weighted by Gasteiger charge is -2.38. The number of likely N-dealkylation sites (tertiary alicyclic amines) is 1. The van der Waals surface area contributed by atoms with Crippen LogP contribution in [0.4, 0.5) is 0 Å². The first-order chi connectivity index (χ1) is 14.2. The van der Waals surface area contributed by atoms with Crippen LogP contribution in [-0.4, -0.2) is 53.7 Å². The predicted octanol–water partition coefficient (Wildman–Crippen LogP) is 5.01. The van der Waals surface area contributed by atoms with Gasteiger partial charge in [0.05, 0.1) is 5.39 Å². The van der Waals surface area contributed by atoms with Gasteiger partial charge in [0, 0.05) is 19.3 Å². The maximum atomic E-state index is 6.07. The summed E-state index contributed by atoms with van der Waals surface area (Å²) in [6.07, 6.45) is 4.42. The number of nitrogens with zero attached hydrogens (tertiary/aromatic N) is 4. The highest BCUT2D eigenvalue weighted by Gasteiger charge is 2.41. The van der Waals surface area contributed by atoms with Crippen LogP contribution in [0.25, 0.3) is 11.0 Å². The van der Waals surface area contributed by atoms with Gasteiger partial charge in [-0.15, -0.1) is 5.54 Å². The molecule has 2 aromatic heterocycles. The van der Waals surface area contributed by atoms with Gasteiger partial charge in [0.1, 0.15) is 26.0 Å². The number of hydrogen-bond donors (Lipinski definition) is 0. The molecular weight excluding hydrogens is 388 g/mol. The highest BCUT2D eigenvalue weighted by atomic mass is 28.3. The molecule has 0 N–H and O–H groups in total. The lowest BCUT2D eigenvalue weighted by atomic mass is 10.2. The fourth-order valence-electron chi connectivity index (χ4n) is 5.24. The van der Waals surface area contributed by atoms with Crippen LogP contribution >= 0.6 is 0 Å². The number of rotatable bonds is 6. The summed E-state index contributed by atoms with van der Waals surface area (Å²) in [6.45, 7) is 15.8. The highest BCUT2D eigenvalue weighted by Crippen LogP contribution is 2.40. The summed E-state index contributed by atoms with van der Waals surface area (Å²) in [5.74, 6) is 3.52. The predicted molar refractivity (Wildman–Crippen MR) is 128 cm³/mol. The zero-order valence-corrected chi connectivity index (χ0v) is 21.0. The average Bonchev–Trinajstić information content (AvgIpc) is 3.25. The Hall–Kier alpha value is -1.84. The zero-order valence-electron chi connectivity index (χ0n) is 20.0. The molecule has 1 atom stereocenters. The summed E-state index contributed by atoms with van der Waals surface area (Å²) >= 11 is 0. The van der Waals surface area contributed by atoms with E-state index in [0.29, 0.717) is 35.3 Å². The van der Waals surface area contributed by atoms with E-state index in [1.165, 1.54) is 12.8 Å². The molecule has 6 heteroatoms. The maximum absolute atomic E-state index is 6.07. The van der Waals surface area contributed by atoms with E-state index in [4.69, 9.17) is 9.72 Å². The normalized spacial score (nSPS) is 17.9. The van der Waals surface area contributed by atoms with E-state index in [9.17, 15) is 0 Å². The van der Waals surface area contributed by atoms with Crippen molar-refractivity contribution in [1.82, 2.24) is 19.4 Å². The molecular formula is C24H38N4OSi. The minimum Gasteiger partial charge on any atom is -0.462 e. The smallest absolute Gasteiger partial charge is 0.319 e.